The van der Waals surface area contributed by atoms with Crippen molar-refractivity contribution in [2.45, 2.75) is 26.3 Å². The third kappa shape index (κ3) is 5.44. The Morgan fingerprint density at radius 3 is 2.12 bits per heavy atom. The predicted octanol–water partition coefficient (Wildman–Crippen LogP) is 2.50. The normalized spacial score (nSPS) is 10.4. The van der Waals surface area contributed by atoms with Crippen LogP contribution in [0.3, 0.4) is 0 Å². The summed E-state index contributed by atoms with van der Waals surface area (Å²) in [7, 11) is 0. The fraction of sp³-hybridized carbons (Fsp3) is 0.250. The first-order valence-corrected chi connectivity index (χ1v) is 8.38. The molecule has 26 heavy (non-hydrogen) atoms. The topological polar surface area (TPSA) is 95.5 Å². The summed E-state index contributed by atoms with van der Waals surface area (Å²) in [6.07, 6.45) is 0.530. The Balaban J connectivity index is 1.89. The van der Waals surface area contributed by atoms with Crippen molar-refractivity contribution in [3.05, 3.63) is 70.8 Å². The van der Waals surface area contributed by atoms with Gasteiger partial charge >= 0.3 is 5.97 Å². The molecular weight excluding hydrogens is 332 g/mol. The van der Waals surface area contributed by atoms with Gasteiger partial charge in [0.1, 0.15) is 0 Å². The highest BCUT2D eigenvalue weighted by Gasteiger charge is 2.10. The van der Waals surface area contributed by atoms with E-state index in [9.17, 15) is 14.4 Å². The zero-order chi connectivity index (χ0) is 19.1. The molecule has 136 valence electrons. The van der Waals surface area contributed by atoms with Crippen LogP contribution in [0.2, 0.25) is 0 Å². The van der Waals surface area contributed by atoms with Gasteiger partial charge in [0.05, 0.1) is 5.56 Å². The molecule has 6 nitrogen and oxygen atoms in total. The summed E-state index contributed by atoms with van der Waals surface area (Å²) >= 11 is 0. The number of amides is 2. The van der Waals surface area contributed by atoms with Crippen molar-refractivity contribution in [2.75, 3.05) is 6.54 Å². The van der Waals surface area contributed by atoms with Crippen LogP contribution in [0.1, 0.15) is 50.5 Å². The van der Waals surface area contributed by atoms with E-state index in [0.717, 1.165) is 5.56 Å². The maximum absolute atomic E-state index is 12.2. The van der Waals surface area contributed by atoms with Gasteiger partial charge in [-0.25, -0.2) is 4.79 Å². The summed E-state index contributed by atoms with van der Waals surface area (Å²) in [4.78, 5) is 35.0. The molecule has 0 fully saturated rings. The van der Waals surface area contributed by atoms with E-state index in [4.69, 9.17) is 5.11 Å². The summed E-state index contributed by atoms with van der Waals surface area (Å²) in [6, 6.07) is 13.1. The average molecular weight is 354 g/mol. The summed E-state index contributed by atoms with van der Waals surface area (Å²) in [5.74, 6) is -1.39. The Morgan fingerprint density at radius 2 is 1.54 bits per heavy atom. The Kier molecular flexibility index (Phi) is 6.49. The van der Waals surface area contributed by atoms with E-state index < -0.39 is 5.97 Å². The number of hydrogen-bond donors (Lipinski definition) is 3. The van der Waals surface area contributed by atoms with Gasteiger partial charge in [0, 0.05) is 23.7 Å². The van der Waals surface area contributed by atoms with Gasteiger partial charge in [-0.05, 0) is 62.2 Å². The second-order valence-electron chi connectivity index (χ2n) is 6.22. The van der Waals surface area contributed by atoms with Crippen molar-refractivity contribution in [3.8, 4) is 0 Å². The lowest BCUT2D eigenvalue weighted by Gasteiger charge is -2.09. The van der Waals surface area contributed by atoms with Crippen molar-refractivity contribution in [1.29, 1.82) is 0 Å². The van der Waals surface area contributed by atoms with Crippen LogP contribution in [0.25, 0.3) is 0 Å². The van der Waals surface area contributed by atoms with E-state index >= 15 is 0 Å². The maximum atomic E-state index is 12.2. The third-order valence-electron chi connectivity index (χ3n) is 3.70. The highest BCUT2D eigenvalue weighted by molar-refractivity contribution is 5.97. The van der Waals surface area contributed by atoms with Crippen LogP contribution in [0.15, 0.2) is 48.5 Å². The molecule has 0 radical (unpaired) electrons. The molecule has 0 aliphatic heterocycles. The number of rotatable bonds is 7. The van der Waals surface area contributed by atoms with Crippen LogP contribution in [0.4, 0.5) is 0 Å². The molecule has 2 amide bonds. The molecule has 0 aliphatic carbocycles. The van der Waals surface area contributed by atoms with Crippen LogP contribution in [0.5, 0.6) is 0 Å². The summed E-state index contributed by atoms with van der Waals surface area (Å²) in [5.41, 5.74) is 2.03. The van der Waals surface area contributed by atoms with Gasteiger partial charge in [0.2, 0.25) is 0 Å². The molecule has 6 heteroatoms. The van der Waals surface area contributed by atoms with Crippen molar-refractivity contribution in [3.63, 3.8) is 0 Å². The Labute approximate surface area is 152 Å². The number of hydrogen-bond acceptors (Lipinski definition) is 3. The van der Waals surface area contributed by atoms with E-state index in [2.05, 4.69) is 10.6 Å². The zero-order valence-electron chi connectivity index (χ0n) is 14.8. The van der Waals surface area contributed by atoms with E-state index in [1.165, 1.54) is 6.07 Å². The fourth-order valence-corrected chi connectivity index (χ4v) is 2.40. The van der Waals surface area contributed by atoms with Gasteiger partial charge in [-0.2, -0.15) is 0 Å². The maximum Gasteiger partial charge on any atom is 0.335 e. The monoisotopic (exact) mass is 354 g/mol. The highest BCUT2D eigenvalue weighted by atomic mass is 16.4. The fourth-order valence-electron chi connectivity index (χ4n) is 2.40. The van der Waals surface area contributed by atoms with Crippen molar-refractivity contribution >= 4 is 17.8 Å². The Bertz CT molecular complexity index is 798. The molecule has 0 aromatic heterocycles. The molecule has 0 atom stereocenters. The molecule has 3 N–H and O–H groups in total. The second kappa shape index (κ2) is 8.80. The predicted molar refractivity (Wildman–Crippen MR) is 98.5 cm³/mol. The first-order chi connectivity index (χ1) is 12.4. The second-order valence-corrected chi connectivity index (χ2v) is 6.22. The number of aromatic carboxylic acids is 1. The molecule has 0 spiro atoms. The van der Waals surface area contributed by atoms with Crippen LogP contribution < -0.4 is 10.6 Å². The molecule has 0 unspecified atom stereocenters. The third-order valence-corrected chi connectivity index (χ3v) is 3.70. The van der Waals surface area contributed by atoms with E-state index in [-0.39, 0.29) is 23.4 Å². The minimum Gasteiger partial charge on any atom is -0.478 e. The number of carboxylic acid groups (broad SMARTS) is 1. The first kappa shape index (κ1) is 19.2. The van der Waals surface area contributed by atoms with Gasteiger partial charge in [-0.3, -0.25) is 9.59 Å². The molecular formula is C20H22N2O4. The highest BCUT2D eigenvalue weighted by Crippen LogP contribution is 2.07. The molecule has 0 aliphatic rings. The molecule has 2 aromatic rings. The lowest BCUT2D eigenvalue weighted by atomic mass is 10.1. The van der Waals surface area contributed by atoms with Crippen LogP contribution in [0, 0.1) is 0 Å². The molecule has 0 saturated carbocycles. The largest absolute Gasteiger partial charge is 0.478 e. The molecule has 2 aromatic carbocycles. The average Bonchev–Trinajstić information content (AvgIpc) is 2.61. The lowest BCUT2D eigenvalue weighted by molar-refractivity contribution is 0.0696. The van der Waals surface area contributed by atoms with Crippen molar-refractivity contribution in [1.82, 2.24) is 10.6 Å². The van der Waals surface area contributed by atoms with Gasteiger partial charge in [0.15, 0.2) is 0 Å². The van der Waals surface area contributed by atoms with E-state index in [0.29, 0.717) is 24.1 Å². The lowest BCUT2D eigenvalue weighted by Crippen LogP contribution is -2.30. The Hall–Kier alpha value is -3.15. The number of carbonyl (C=O) groups excluding carboxylic acids is 2. The van der Waals surface area contributed by atoms with Crippen molar-refractivity contribution in [2.24, 2.45) is 0 Å². The van der Waals surface area contributed by atoms with Crippen LogP contribution in [-0.2, 0) is 6.42 Å². The van der Waals surface area contributed by atoms with Gasteiger partial charge in [-0.1, -0.05) is 12.1 Å². The van der Waals surface area contributed by atoms with E-state index in [1.807, 2.05) is 19.9 Å². The van der Waals surface area contributed by atoms with Gasteiger partial charge in [0.25, 0.3) is 11.8 Å². The SMILES string of the molecule is CC(C)NC(=O)c1ccc(C(=O)NCCc2cccc(C(=O)O)c2)cc1. The first-order valence-electron chi connectivity index (χ1n) is 8.38. The summed E-state index contributed by atoms with van der Waals surface area (Å²) in [5, 5.41) is 14.6. The number of carboxylic acids is 1. The van der Waals surface area contributed by atoms with Gasteiger partial charge < -0.3 is 15.7 Å². The van der Waals surface area contributed by atoms with Crippen LogP contribution in [-0.4, -0.2) is 35.5 Å². The zero-order valence-corrected chi connectivity index (χ0v) is 14.8. The molecule has 2 rings (SSSR count). The quantitative estimate of drug-likeness (QED) is 0.712. The summed E-state index contributed by atoms with van der Waals surface area (Å²) < 4.78 is 0. The standard InChI is InChI=1S/C20H22N2O4/c1-13(2)22-19(24)16-8-6-15(7-9-16)18(23)21-11-10-14-4-3-5-17(12-14)20(25)26/h3-9,12-13H,10-11H2,1-2H3,(H,21,23)(H,22,24)(H,25,26). The molecule has 0 bridgehead atoms. The number of nitrogens with one attached hydrogen (secondary N) is 2. The minimum absolute atomic E-state index is 0.0464. The van der Waals surface area contributed by atoms with E-state index in [1.54, 1.807) is 36.4 Å². The molecule has 0 saturated heterocycles. The van der Waals surface area contributed by atoms with Crippen molar-refractivity contribution < 1.29 is 19.5 Å². The molecule has 0 heterocycles. The van der Waals surface area contributed by atoms with Gasteiger partial charge in [-0.15, -0.1) is 0 Å². The smallest absolute Gasteiger partial charge is 0.335 e. The number of carbonyl (C=O) groups is 3. The summed E-state index contributed by atoms with van der Waals surface area (Å²) in [6.45, 7) is 4.15. The van der Waals surface area contributed by atoms with Crippen LogP contribution >= 0.6 is 0 Å². The number of benzene rings is 2. The minimum atomic E-state index is -0.975. The Morgan fingerprint density at radius 1 is 0.923 bits per heavy atom.